The molecule has 17 nitrogen and oxygen atoms in total. The van der Waals surface area contributed by atoms with Gasteiger partial charge < -0.3 is 64.1 Å². The minimum Gasteiger partial charge on any atom is -0.480 e. The molecule has 0 heterocycles. The van der Waals surface area contributed by atoms with E-state index in [0.29, 0.717) is 95.4 Å². The molecule has 0 bridgehead atoms. The third kappa shape index (κ3) is 31.6. The molecule has 0 radical (unpaired) electrons. The maximum Gasteiger partial charge on any atom is 0.329 e. The Balaban J connectivity index is 4.53. The molecular weight excluding hydrogens is 797 g/mol. The number of carboxylic acid groups (broad SMARTS) is 1. The number of hydrogen-bond acceptors (Lipinski definition) is 14. The summed E-state index contributed by atoms with van der Waals surface area (Å²) in [7, 11) is 4.18. The third-order valence-electron chi connectivity index (χ3n) is 8.80. The highest BCUT2D eigenvalue weighted by atomic mass is 32.1. The molecular formula is C42H85N6O11S+. The van der Waals surface area contributed by atoms with E-state index in [4.69, 9.17) is 49.8 Å². The summed E-state index contributed by atoms with van der Waals surface area (Å²) in [5.74, 6) is 5.05. The Morgan fingerprint density at radius 3 is 1.78 bits per heavy atom. The van der Waals surface area contributed by atoms with Gasteiger partial charge in [0.2, 0.25) is 11.8 Å². The molecule has 0 unspecified atom stereocenters. The van der Waals surface area contributed by atoms with Crippen molar-refractivity contribution in [2.24, 2.45) is 17.0 Å². The zero-order valence-electron chi connectivity index (χ0n) is 39.6. The van der Waals surface area contributed by atoms with Gasteiger partial charge in [0.15, 0.2) is 0 Å². The highest BCUT2D eigenvalue weighted by Gasteiger charge is 2.37. The van der Waals surface area contributed by atoms with Crippen molar-refractivity contribution in [1.82, 2.24) is 15.6 Å². The number of aliphatic carboxylic acids is 1. The number of rotatable bonds is 35. The second-order valence-corrected chi connectivity index (χ2v) is 21.1. The second-order valence-electron chi connectivity index (χ2n) is 19.9. The molecule has 0 spiro atoms. The SMILES string of the molecule is CC(C)(S)CC(C)(C)C(=O)NC(C)(C)COC(C)(C)C[N+](C)(C)C/C(N)=C/N(N)CCC(C)(C)OCC(C)(C)OCC(=O)NCCOCCOCCOCCOCC(=O)O. The fraction of sp³-hybridized carbons (Fsp3) is 0.881. The van der Waals surface area contributed by atoms with Crippen LogP contribution in [0.2, 0.25) is 0 Å². The lowest BCUT2D eigenvalue weighted by Crippen LogP contribution is -2.56. The highest BCUT2D eigenvalue weighted by Crippen LogP contribution is 2.32. The Morgan fingerprint density at radius 2 is 1.25 bits per heavy atom. The fourth-order valence-electron chi connectivity index (χ4n) is 6.27. The first-order valence-corrected chi connectivity index (χ1v) is 21.3. The van der Waals surface area contributed by atoms with E-state index in [-0.39, 0.29) is 43.0 Å². The minimum absolute atomic E-state index is 0.0253. The molecule has 0 atom stereocenters. The monoisotopic (exact) mass is 882 g/mol. The molecule has 0 aliphatic heterocycles. The molecule has 0 aromatic rings. The lowest BCUT2D eigenvalue weighted by Gasteiger charge is -2.40. The van der Waals surface area contributed by atoms with Crippen molar-refractivity contribution in [2.45, 2.75) is 123 Å². The number of hydrogen-bond donors (Lipinski definition) is 6. The van der Waals surface area contributed by atoms with Gasteiger partial charge in [-0.15, -0.1) is 0 Å². The average Bonchev–Trinajstić information content (AvgIpc) is 3.06. The van der Waals surface area contributed by atoms with Crippen LogP contribution in [0.4, 0.5) is 0 Å². The second kappa shape index (κ2) is 26.4. The van der Waals surface area contributed by atoms with Crippen LogP contribution < -0.4 is 22.2 Å². The Labute approximate surface area is 367 Å². The van der Waals surface area contributed by atoms with E-state index < -0.39 is 33.7 Å². The molecule has 18 heteroatoms. The predicted octanol–water partition coefficient (Wildman–Crippen LogP) is 3.10. The molecule has 0 aliphatic rings. The Hall–Kier alpha value is -2.26. The number of nitrogens with zero attached hydrogens (tertiary/aromatic N) is 2. The summed E-state index contributed by atoms with van der Waals surface area (Å²) in [5, 5.41) is 16.0. The normalized spacial score (nSPS) is 13.7. The zero-order valence-corrected chi connectivity index (χ0v) is 40.5. The van der Waals surface area contributed by atoms with Crippen molar-refractivity contribution >= 4 is 30.4 Å². The number of thiol groups is 1. The molecule has 0 saturated carbocycles. The van der Waals surface area contributed by atoms with Gasteiger partial charge in [-0.1, -0.05) is 27.7 Å². The number of nitrogens with two attached hydrogens (primary N) is 2. The number of carbonyl (C=O) groups is 3. The van der Waals surface area contributed by atoms with Gasteiger partial charge in [-0.2, -0.15) is 12.6 Å². The Morgan fingerprint density at radius 1 is 0.733 bits per heavy atom. The molecule has 0 saturated heterocycles. The van der Waals surface area contributed by atoms with Crippen LogP contribution in [-0.2, 0) is 47.5 Å². The first-order chi connectivity index (χ1) is 27.3. The number of hydrazine groups is 1. The van der Waals surface area contributed by atoms with Gasteiger partial charge in [0, 0.05) is 29.5 Å². The summed E-state index contributed by atoms with van der Waals surface area (Å²) in [6, 6.07) is 0. The van der Waals surface area contributed by atoms with Crippen LogP contribution in [-0.4, -0.2) is 172 Å². The number of carbonyl (C=O) groups excluding carboxylic acids is 2. The van der Waals surface area contributed by atoms with Gasteiger partial charge >= 0.3 is 5.97 Å². The smallest absolute Gasteiger partial charge is 0.329 e. The van der Waals surface area contributed by atoms with Crippen molar-refractivity contribution in [3.63, 3.8) is 0 Å². The Bertz CT molecular complexity index is 1300. The summed E-state index contributed by atoms with van der Waals surface area (Å²) in [5.41, 5.74) is 4.23. The third-order valence-corrected chi connectivity index (χ3v) is 8.96. The maximum absolute atomic E-state index is 13.2. The molecule has 2 amide bonds. The van der Waals surface area contributed by atoms with E-state index in [9.17, 15) is 14.4 Å². The van der Waals surface area contributed by atoms with Crippen molar-refractivity contribution in [3.8, 4) is 0 Å². The number of likely N-dealkylation sites (N-methyl/N-ethyl adjacent to an activating group) is 1. The van der Waals surface area contributed by atoms with Crippen LogP contribution >= 0.6 is 12.6 Å². The number of ether oxygens (including phenoxy) is 7. The first-order valence-electron chi connectivity index (χ1n) is 20.8. The van der Waals surface area contributed by atoms with Gasteiger partial charge in [-0.3, -0.25) is 9.59 Å². The van der Waals surface area contributed by atoms with Gasteiger partial charge in [-0.05, 0) is 68.2 Å². The number of nitrogens with one attached hydrogen (secondary N) is 2. The summed E-state index contributed by atoms with van der Waals surface area (Å²) in [4.78, 5) is 35.8. The minimum atomic E-state index is -1.02. The maximum atomic E-state index is 13.2. The van der Waals surface area contributed by atoms with Gasteiger partial charge in [0.05, 0.1) is 96.0 Å². The quantitative estimate of drug-likeness (QED) is 0.0178. The highest BCUT2D eigenvalue weighted by molar-refractivity contribution is 7.81. The molecule has 0 aliphatic carbocycles. The van der Waals surface area contributed by atoms with Crippen molar-refractivity contribution in [1.29, 1.82) is 0 Å². The molecule has 7 N–H and O–H groups in total. The summed E-state index contributed by atoms with van der Waals surface area (Å²) < 4.78 is 39.8. The van der Waals surface area contributed by atoms with Crippen LogP contribution in [0.25, 0.3) is 0 Å². The van der Waals surface area contributed by atoms with Crippen LogP contribution in [0.15, 0.2) is 11.9 Å². The molecule has 354 valence electrons. The van der Waals surface area contributed by atoms with Crippen molar-refractivity contribution in [2.75, 3.05) is 113 Å². The largest absolute Gasteiger partial charge is 0.480 e. The average molecular weight is 882 g/mol. The van der Waals surface area contributed by atoms with Crippen LogP contribution in [0.3, 0.4) is 0 Å². The lowest BCUT2D eigenvalue weighted by molar-refractivity contribution is -0.891. The summed E-state index contributed by atoms with van der Waals surface area (Å²) >= 11 is 4.63. The van der Waals surface area contributed by atoms with Crippen molar-refractivity contribution < 1.29 is 57.1 Å². The molecule has 60 heavy (non-hydrogen) atoms. The molecule has 0 rings (SSSR count). The van der Waals surface area contributed by atoms with Gasteiger partial charge in [0.1, 0.15) is 31.9 Å². The van der Waals surface area contributed by atoms with E-state index in [1.54, 1.807) is 11.2 Å². The van der Waals surface area contributed by atoms with E-state index in [2.05, 4.69) is 37.4 Å². The molecule has 0 aromatic carbocycles. The summed E-state index contributed by atoms with van der Waals surface area (Å²) in [6.07, 6.45) is 3.01. The lowest BCUT2D eigenvalue weighted by atomic mass is 9.82. The Kier molecular flexibility index (Phi) is 25.4. The number of amides is 2. The van der Waals surface area contributed by atoms with Crippen LogP contribution in [0, 0.1) is 5.41 Å². The zero-order chi connectivity index (χ0) is 46.5. The standard InChI is InChI=1S/C42H84N6O11S/c1-37(2,29-42(11,12)60)36(52)46-38(3,4)31-58-40(7,8)30-48(13,14)26-33(43)25-47(44)17-15-39(5,6)59-32-41(9,10)57-27-34(49)45-16-18-53-19-20-54-21-22-55-23-24-56-28-35(50)51/h25H,15-24,26-32,43-44H2,1-14H3,(H3-,45,46,49,50,51,52,60)/p+1/b33-25-. The number of carboxylic acids is 1. The topological polar surface area (TPSA) is 215 Å². The summed E-state index contributed by atoms with van der Waals surface area (Å²) in [6.45, 7) is 28.1. The van der Waals surface area contributed by atoms with Crippen LogP contribution in [0.5, 0.6) is 0 Å². The van der Waals surface area contributed by atoms with Gasteiger partial charge in [0.25, 0.3) is 0 Å². The van der Waals surface area contributed by atoms with Crippen molar-refractivity contribution in [3.05, 3.63) is 11.9 Å². The molecule has 0 aromatic heterocycles. The fourth-order valence-corrected chi connectivity index (χ4v) is 6.67. The van der Waals surface area contributed by atoms with Gasteiger partial charge in [-0.25, -0.2) is 10.6 Å². The van der Waals surface area contributed by atoms with E-state index >= 15 is 0 Å². The first kappa shape index (κ1) is 57.7. The van der Waals surface area contributed by atoms with Crippen LogP contribution in [0.1, 0.15) is 95.9 Å². The number of quaternary nitrogens is 1. The van der Waals surface area contributed by atoms with E-state index in [1.165, 1.54) is 0 Å². The molecule has 0 fully saturated rings. The van der Waals surface area contributed by atoms with E-state index in [0.717, 1.165) is 0 Å². The van der Waals surface area contributed by atoms with E-state index in [1.807, 2.05) is 83.1 Å². The predicted molar refractivity (Wildman–Crippen MR) is 237 cm³/mol.